The molecule has 1 aromatic carbocycles. The van der Waals surface area contributed by atoms with E-state index in [-0.39, 0.29) is 19.0 Å². The second-order valence-corrected chi connectivity index (χ2v) is 5.66. The Morgan fingerprint density at radius 2 is 1.92 bits per heavy atom. The molecule has 26 heavy (non-hydrogen) atoms. The molecule has 0 bridgehead atoms. The Bertz CT molecular complexity index is 789. The molecule has 0 aliphatic heterocycles. The molecule has 1 aromatic heterocycles. The summed E-state index contributed by atoms with van der Waals surface area (Å²) in [5, 5.41) is 2.66. The van der Waals surface area contributed by atoms with Gasteiger partial charge < -0.3 is 10.2 Å². The zero-order valence-corrected chi connectivity index (χ0v) is 14.3. The Hall–Kier alpha value is -2.90. The molecular formula is C18H18F3N3O2. The maximum absolute atomic E-state index is 12.6. The molecule has 0 spiro atoms. The Balaban J connectivity index is 2.10. The van der Waals surface area contributed by atoms with Gasteiger partial charge in [-0.2, -0.15) is 13.2 Å². The number of aryl methyl sites for hydroxylation is 1. The van der Waals surface area contributed by atoms with Crippen LogP contribution in [0.15, 0.2) is 42.6 Å². The van der Waals surface area contributed by atoms with Crippen LogP contribution in [-0.4, -0.2) is 34.4 Å². The SMILES string of the molecule is CCN(Cc1cccc(NC(=O)c2ccc(C)nc2)c1)C(=O)C(F)(F)F. The van der Waals surface area contributed by atoms with E-state index in [0.29, 0.717) is 21.7 Å². The molecule has 0 fully saturated rings. The van der Waals surface area contributed by atoms with Gasteiger partial charge in [-0.3, -0.25) is 14.6 Å². The highest BCUT2D eigenvalue weighted by molar-refractivity contribution is 6.04. The summed E-state index contributed by atoms with van der Waals surface area (Å²) in [5.74, 6) is -2.27. The van der Waals surface area contributed by atoms with E-state index in [1.165, 1.54) is 19.2 Å². The molecule has 2 aromatic rings. The highest BCUT2D eigenvalue weighted by Crippen LogP contribution is 2.21. The molecule has 0 unspecified atom stereocenters. The van der Waals surface area contributed by atoms with Gasteiger partial charge >= 0.3 is 12.1 Å². The summed E-state index contributed by atoms with van der Waals surface area (Å²) in [6.45, 7) is 2.99. The molecule has 0 saturated heterocycles. The number of carbonyl (C=O) groups excluding carboxylic acids is 2. The number of pyridine rings is 1. The summed E-state index contributed by atoms with van der Waals surface area (Å²) >= 11 is 0. The number of anilines is 1. The smallest absolute Gasteiger partial charge is 0.331 e. The van der Waals surface area contributed by atoms with Crippen LogP contribution in [0.2, 0.25) is 0 Å². The van der Waals surface area contributed by atoms with Crippen LogP contribution in [0.5, 0.6) is 0 Å². The van der Waals surface area contributed by atoms with E-state index in [9.17, 15) is 22.8 Å². The largest absolute Gasteiger partial charge is 0.471 e. The number of nitrogens with zero attached hydrogens (tertiary/aromatic N) is 2. The molecule has 138 valence electrons. The zero-order chi connectivity index (χ0) is 19.3. The van der Waals surface area contributed by atoms with Crippen LogP contribution in [0.1, 0.15) is 28.5 Å². The van der Waals surface area contributed by atoms with Gasteiger partial charge in [-0.05, 0) is 43.7 Å². The Kier molecular flexibility index (Phi) is 5.97. The van der Waals surface area contributed by atoms with Crippen LogP contribution >= 0.6 is 0 Å². The fourth-order valence-electron chi connectivity index (χ4n) is 2.28. The van der Waals surface area contributed by atoms with E-state index in [0.717, 1.165) is 5.69 Å². The summed E-state index contributed by atoms with van der Waals surface area (Å²) in [7, 11) is 0. The zero-order valence-electron chi connectivity index (χ0n) is 14.3. The number of hydrogen-bond acceptors (Lipinski definition) is 3. The van der Waals surface area contributed by atoms with Crippen LogP contribution in [0, 0.1) is 6.92 Å². The van der Waals surface area contributed by atoms with Crippen LogP contribution in [0.4, 0.5) is 18.9 Å². The van der Waals surface area contributed by atoms with Crippen molar-refractivity contribution in [1.29, 1.82) is 0 Å². The first-order valence-corrected chi connectivity index (χ1v) is 7.89. The number of halogens is 3. The Morgan fingerprint density at radius 1 is 1.19 bits per heavy atom. The van der Waals surface area contributed by atoms with Crippen LogP contribution in [-0.2, 0) is 11.3 Å². The average molecular weight is 365 g/mol. The maximum atomic E-state index is 12.6. The van der Waals surface area contributed by atoms with Crippen molar-refractivity contribution in [1.82, 2.24) is 9.88 Å². The van der Waals surface area contributed by atoms with Gasteiger partial charge in [0.25, 0.3) is 5.91 Å². The maximum Gasteiger partial charge on any atom is 0.471 e. The van der Waals surface area contributed by atoms with E-state index in [1.807, 2.05) is 0 Å². The second kappa shape index (κ2) is 7.99. The number of nitrogens with one attached hydrogen (secondary N) is 1. The number of benzene rings is 1. The standard InChI is InChI=1S/C18H18F3N3O2/c1-3-24(17(26)18(19,20)21)11-13-5-4-6-15(9-13)23-16(25)14-8-7-12(2)22-10-14/h4-10H,3,11H2,1-2H3,(H,23,25). The molecule has 0 aliphatic rings. The van der Waals surface area contributed by atoms with Crippen molar-refractivity contribution >= 4 is 17.5 Å². The minimum absolute atomic E-state index is 0.0794. The molecule has 8 heteroatoms. The van der Waals surface area contributed by atoms with Crippen LogP contribution in [0.3, 0.4) is 0 Å². The van der Waals surface area contributed by atoms with E-state index >= 15 is 0 Å². The molecule has 0 radical (unpaired) electrons. The summed E-state index contributed by atoms with van der Waals surface area (Å²) < 4.78 is 37.8. The Labute approximate surface area is 148 Å². The van der Waals surface area contributed by atoms with Gasteiger partial charge in [-0.25, -0.2) is 0 Å². The number of hydrogen-bond donors (Lipinski definition) is 1. The summed E-state index contributed by atoms with van der Waals surface area (Å²) in [6, 6.07) is 9.67. The van der Waals surface area contributed by atoms with E-state index < -0.39 is 12.1 Å². The first-order chi connectivity index (χ1) is 12.2. The van der Waals surface area contributed by atoms with Gasteiger partial charge in [0.2, 0.25) is 0 Å². The van der Waals surface area contributed by atoms with Crippen molar-refractivity contribution in [3.05, 3.63) is 59.4 Å². The van der Waals surface area contributed by atoms with Crippen molar-refractivity contribution in [3.63, 3.8) is 0 Å². The van der Waals surface area contributed by atoms with Crippen molar-refractivity contribution in [2.24, 2.45) is 0 Å². The predicted octanol–water partition coefficient (Wildman–Crippen LogP) is 3.55. The molecule has 0 aliphatic carbocycles. The minimum Gasteiger partial charge on any atom is -0.331 e. The second-order valence-electron chi connectivity index (χ2n) is 5.66. The lowest BCUT2D eigenvalue weighted by Crippen LogP contribution is -2.40. The van der Waals surface area contributed by atoms with Gasteiger partial charge in [0, 0.05) is 30.7 Å². The third kappa shape index (κ3) is 5.05. The van der Waals surface area contributed by atoms with E-state index in [4.69, 9.17) is 0 Å². The lowest BCUT2D eigenvalue weighted by atomic mass is 10.1. The van der Waals surface area contributed by atoms with E-state index in [2.05, 4.69) is 10.3 Å². The number of aromatic nitrogens is 1. The number of alkyl halides is 3. The fourth-order valence-corrected chi connectivity index (χ4v) is 2.28. The molecule has 2 rings (SSSR count). The molecule has 1 N–H and O–H groups in total. The van der Waals surface area contributed by atoms with Crippen molar-refractivity contribution < 1.29 is 22.8 Å². The van der Waals surface area contributed by atoms with Crippen LogP contribution in [0.25, 0.3) is 0 Å². The summed E-state index contributed by atoms with van der Waals surface area (Å²) in [6.07, 6.45) is -3.48. The molecular weight excluding hydrogens is 347 g/mol. The number of carbonyl (C=O) groups is 2. The predicted molar refractivity (Wildman–Crippen MR) is 90.5 cm³/mol. The van der Waals surface area contributed by atoms with E-state index in [1.54, 1.807) is 37.3 Å². The lowest BCUT2D eigenvalue weighted by molar-refractivity contribution is -0.185. The normalized spacial score (nSPS) is 11.1. The van der Waals surface area contributed by atoms with Crippen molar-refractivity contribution in [2.75, 3.05) is 11.9 Å². The van der Waals surface area contributed by atoms with Crippen LogP contribution < -0.4 is 5.32 Å². The van der Waals surface area contributed by atoms with Crippen molar-refractivity contribution in [3.8, 4) is 0 Å². The molecule has 0 atom stereocenters. The van der Waals surface area contributed by atoms with Gasteiger partial charge in [0.1, 0.15) is 0 Å². The van der Waals surface area contributed by atoms with Crippen molar-refractivity contribution in [2.45, 2.75) is 26.6 Å². The molecule has 2 amide bonds. The number of rotatable bonds is 5. The average Bonchev–Trinajstić information content (AvgIpc) is 2.59. The van der Waals surface area contributed by atoms with Gasteiger partial charge in [-0.1, -0.05) is 12.1 Å². The topological polar surface area (TPSA) is 62.3 Å². The molecule has 5 nitrogen and oxygen atoms in total. The monoisotopic (exact) mass is 365 g/mol. The summed E-state index contributed by atoms with van der Waals surface area (Å²) in [4.78, 5) is 28.3. The highest BCUT2D eigenvalue weighted by atomic mass is 19.4. The molecule has 0 saturated carbocycles. The third-order valence-electron chi connectivity index (χ3n) is 3.64. The quantitative estimate of drug-likeness (QED) is 0.881. The van der Waals surface area contributed by atoms with Gasteiger partial charge in [0.05, 0.1) is 5.56 Å². The minimum atomic E-state index is -4.92. The third-order valence-corrected chi connectivity index (χ3v) is 3.64. The molecule has 1 heterocycles. The Morgan fingerprint density at radius 3 is 2.50 bits per heavy atom. The first-order valence-electron chi connectivity index (χ1n) is 7.89. The number of amides is 2. The van der Waals surface area contributed by atoms with Gasteiger partial charge in [0.15, 0.2) is 0 Å². The lowest BCUT2D eigenvalue weighted by Gasteiger charge is -2.22. The fraction of sp³-hybridized carbons (Fsp3) is 0.278. The first kappa shape index (κ1) is 19.4. The summed E-state index contributed by atoms with van der Waals surface area (Å²) in [5.41, 5.74) is 2.04. The van der Waals surface area contributed by atoms with Gasteiger partial charge in [-0.15, -0.1) is 0 Å². The highest BCUT2D eigenvalue weighted by Gasteiger charge is 2.41.